The van der Waals surface area contributed by atoms with E-state index in [0.29, 0.717) is 0 Å². The average molecular weight is 253 g/mol. The van der Waals surface area contributed by atoms with Crippen LogP contribution in [0.15, 0.2) is 36.4 Å². The smallest absolute Gasteiger partial charge is 0.316 e. The molecule has 96 valence electrons. The van der Waals surface area contributed by atoms with Crippen LogP contribution in [0.2, 0.25) is 0 Å². The zero-order valence-electron chi connectivity index (χ0n) is 9.96. The van der Waals surface area contributed by atoms with Gasteiger partial charge in [-0.15, -0.1) is 0 Å². The fraction of sp³-hybridized carbons (Fsp3) is 0.286. The molecule has 0 amide bonds. The van der Waals surface area contributed by atoms with Gasteiger partial charge in [0.15, 0.2) is 0 Å². The lowest BCUT2D eigenvalue weighted by atomic mass is 9.98. The summed E-state index contributed by atoms with van der Waals surface area (Å²) in [4.78, 5) is 0. The lowest BCUT2D eigenvalue weighted by Crippen LogP contribution is -2.28. The summed E-state index contributed by atoms with van der Waals surface area (Å²) in [6.45, 7) is 2.02. The van der Waals surface area contributed by atoms with Gasteiger partial charge in [0.25, 0.3) is 0 Å². The number of alkyl halides is 3. The summed E-state index contributed by atoms with van der Waals surface area (Å²) in [5.74, 6) is 0. The quantitative estimate of drug-likeness (QED) is 0.861. The SMILES string of the molecule is CCc1cccc2cc([C@H](N)C(F)(F)F)ccc12. The van der Waals surface area contributed by atoms with Gasteiger partial charge in [-0.3, -0.25) is 0 Å². The van der Waals surface area contributed by atoms with Crippen molar-refractivity contribution < 1.29 is 13.2 Å². The fourth-order valence-corrected chi connectivity index (χ4v) is 2.06. The topological polar surface area (TPSA) is 26.0 Å². The molecule has 0 saturated heterocycles. The monoisotopic (exact) mass is 253 g/mol. The van der Waals surface area contributed by atoms with Crippen molar-refractivity contribution in [2.24, 2.45) is 5.73 Å². The van der Waals surface area contributed by atoms with Crippen molar-refractivity contribution >= 4 is 10.8 Å². The Kier molecular flexibility index (Phi) is 3.30. The summed E-state index contributed by atoms with van der Waals surface area (Å²) in [6.07, 6.45) is -3.56. The van der Waals surface area contributed by atoms with E-state index >= 15 is 0 Å². The summed E-state index contributed by atoms with van der Waals surface area (Å²) in [5, 5.41) is 1.78. The standard InChI is InChI=1S/C14H14F3N/c1-2-9-4-3-5-10-8-11(6-7-12(9)10)13(18)14(15,16)17/h3-8,13H,2,18H2,1H3/t13-/m0/s1. The zero-order valence-corrected chi connectivity index (χ0v) is 9.96. The largest absolute Gasteiger partial charge is 0.407 e. The van der Waals surface area contributed by atoms with Gasteiger partial charge in [-0.05, 0) is 34.4 Å². The molecule has 1 nitrogen and oxygen atoms in total. The third-order valence-corrected chi connectivity index (χ3v) is 3.09. The molecule has 2 aromatic carbocycles. The van der Waals surface area contributed by atoms with E-state index in [0.717, 1.165) is 22.8 Å². The summed E-state index contributed by atoms with van der Waals surface area (Å²) in [6, 6.07) is 8.41. The van der Waals surface area contributed by atoms with Crippen LogP contribution in [0, 0.1) is 0 Å². The van der Waals surface area contributed by atoms with E-state index in [9.17, 15) is 13.2 Å². The van der Waals surface area contributed by atoms with Crippen LogP contribution in [-0.4, -0.2) is 6.18 Å². The highest BCUT2D eigenvalue weighted by Crippen LogP contribution is 2.32. The number of halogens is 3. The van der Waals surface area contributed by atoms with Gasteiger partial charge in [0, 0.05) is 0 Å². The van der Waals surface area contributed by atoms with Crippen LogP contribution in [0.4, 0.5) is 13.2 Å². The summed E-state index contributed by atoms with van der Waals surface area (Å²) < 4.78 is 37.7. The van der Waals surface area contributed by atoms with Crippen molar-refractivity contribution in [2.75, 3.05) is 0 Å². The van der Waals surface area contributed by atoms with Crippen molar-refractivity contribution in [3.63, 3.8) is 0 Å². The van der Waals surface area contributed by atoms with Crippen LogP contribution in [0.1, 0.15) is 24.1 Å². The highest BCUT2D eigenvalue weighted by atomic mass is 19.4. The minimum atomic E-state index is -4.41. The normalized spacial score (nSPS) is 13.8. The highest BCUT2D eigenvalue weighted by Gasteiger charge is 2.37. The van der Waals surface area contributed by atoms with Crippen LogP contribution in [0.3, 0.4) is 0 Å². The molecule has 0 fully saturated rings. The summed E-state index contributed by atoms with van der Waals surface area (Å²) >= 11 is 0. The molecular weight excluding hydrogens is 239 g/mol. The Labute approximate surface area is 103 Å². The van der Waals surface area contributed by atoms with Gasteiger partial charge in [-0.2, -0.15) is 13.2 Å². The number of aryl methyl sites for hydroxylation is 1. The van der Waals surface area contributed by atoms with E-state index in [2.05, 4.69) is 0 Å². The Morgan fingerprint density at radius 1 is 1.17 bits per heavy atom. The van der Waals surface area contributed by atoms with E-state index in [-0.39, 0.29) is 5.56 Å². The maximum Gasteiger partial charge on any atom is 0.407 e. The third kappa shape index (κ3) is 2.34. The van der Waals surface area contributed by atoms with Gasteiger partial charge in [-0.25, -0.2) is 0 Å². The number of benzene rings is 2. The van der Waals surface area contributed by atoms with Gasteiger partial charge in [-0.1, -0.05) is 37.3 Å². The predicted octanol–water partition coefficient (Wildman–Crippen LogP) is 3.96. The number of fused-ring (bicyclic) bond motifs is 1. The van der Waals surface area contributed by atoms with Crippen molar-refractivity contribution in [1.82, 2.24) is 0 Å². The van der Waals surface area contributed by atoms with Gasteiger partial charge >= 0.3 is 6.18 Å². The van der Waals surface area contributed by atoms with Gasteiger partial charge in [0.2, 0.25) is 0 Å². The second-order valence-corrected chi connectivity index (χ2v) is 4.27. The molecule has 0 spiro atoms. The molecular formula is C14H14F3N. The number of hydrogen-bond donors (Lipinski definition) is 1. The summed E-state index contributed by atoms with van der Waals surface area (Å²) in [5.41, 5.74) is 6.43. The molecule has 0 radical (unpaired) electrons. The minimum Gasteiger partial charge on any atom is -0.316 e. The van der Waals surface area contributed by atoms with Crippen LogP contribution in [-0.2, 0) is 6.42 Å². The summed E-state index contributed by atoms with van der Waals surface area (Å²) in [7, 11) is 0. The van der Waals surface area contributed by atoms with Gasteiger partial charge in [0.1, 0.15) is 6.04 Å². The molecule has 18 heavy (non-hydrogen) atoms. The lowest BCUT2D eigenvalue weighted by Gasteiger charge is -2.16. The first-order chi connectivity index (χ1) is 8.43. The number of rotatable bonds is 2. The molecule has 2 rings (SSSR count). The first-order valence-electron chi connectivity index (χ1n) is 5.77. The zero-order chi connectivity index (χ0) is 13.3. The van der Waals surface area contributed by atoms with Crippen LogP contribution in [0.25, 0.3) is 10.8 Å². The molecule has 0 aliphatic heterocycles. The molecule has 2 aromatic rings. The third-order valence-electron chi connectivity index (χ3n) is 3.09. The Morgan fingerprint density at radius 3 is 2.50 bits per heavy atom. The molecule has 1 atom stereocenters. The number of nitrogens with two attached hydrogens (primary N) is 1. The van der Waals surface area contributed by atoms with Crippen LogP contribution in [0.5, 0.6) is 0 Å². The van der Waals surface area contributed by atoms with Crippen molar-refractivity contribution in [1.29, 1.82) is 0 Å². The average Bonchev–Trinajstić information content (AvgIpc) is 2.35. The molecule has 4 heteroatoms. The fourth-order valence-electron chi connectivity index (χ4n) is 2.06. The molecule has 0 heterocycles. The predicted molar refractivity (Wildman–Crippen MR) is 66.3 cm³/mol. The van der Waals surface area contributed by atoms with Crippen molar-refractivity contribution in [3.05, 3.63) is 47.5 Å². The minimum absolute atomic E-state index is 0.100. The van der Waals surface area contributed by atoms with E-state index in [1.165, 1.54) is 12.1 Å². The number of hydrogen-bond acceptors (Lipinski definition) is 1. The Morgan fingerprint density at radius 2 is 1.89 bits per heavy atom. The maximum absolute atomic E-state index is 12.6. The van der Waals surface area contributed by atoms with E-state index < -0.39 is 12.2 Å². The molecule has 0 aromatic heterocycles. The first kappa shape index (κ1) is 12.9. The molecule has 2 N–H and O–H groups in total. The Bertz CT molecular complexity index is 560. The Hall–Kier alpha value is -1.55. The molecule has 0 unspecified atom stereocenters. The van der Waals surface area contributed by atoms with Crippen molar-refractivity contribution in [2.45, 2.75) is 25.6 Å². The molecule has 0 aliphatic carbocycles. The van der Waals surface area contributed by atoms with E-state index in [4.69, 9.17) is 5.73 Å². The van der Waals surface area contributed by atoms with Gasteiger partial charge < -0.3 is 5.73 Å². The first-order valence-corrected chi connectivity index (χ1v) is 5.77. The second-order valence-electron chi connectivity index (χ2n) is 4.27. The van der Waals surface area contributed by atoms with E-state index in [1.54, 1.807) is 12.1 Å². The van der Waals surface area contributed by atoms with Crippen molar-refractivity contribution in [3.8, 4) is 0 Å². The lowest BCUT2D eigenvalue weighted by molar-refractivity contribution is -0.149. The maximum atomic E-state index is 12.6. The molecule has 0 saturated carbocycles. The second kappa shape index (κ2) is 4.61. The van der Waals surface area contributed by atoms with Gasteiger partial charge in [0.05, 0.1) is 0 Å². The molecule has 0 bridgehead atoms. The molecule has 0 aliphatic rings. The van der Waals surface area contributed by atoms with Crippen LogP contribution < -0.4 is 5.73 Å². The Balaban J connectivity index is 2.52. The van der Waals surface area contributed by atoms with E-state index in [1.807, 2.05) is 19.1 Å². The highest BCUT2D eigenvalue weighted by molar-refractivity contribution is 5.86. The van der Waals surface area contributed by atoms with Crippen LogP contribution >= 0.6 is 0 Å².